The number of halogens is 1. The third kappa shape index (κ3) is 7.81. The van der Waals surface area contributed by atoms with Crippen LogP contribution in [0.1, 0.15) is 62.6 Å². The minimum atomic E-state index is -0.372. The zero-order valence-electron chi connectivity index (χ0n) is 22.3. The van der Waals surface area contributed by atoms with Crippen molar-refractivity contribution >= 4 is 29.1 Å². The summed E-state index contributed by atoms with van der Waals surface area (Å²) in [4.78, 5) is 27.4. The highest BCUT2D eigenvalue weighted by Gasteiger charge is 2.18. The van der Waals surface area contributed by atoms with Gasteiger partial charge in [0.05, 0.1) is 0 Å². The maximum absolute atomic E-state index is 13.5. The van der Waals surface area contributed by atoms with Crippen LogP contribution in [0.2, 0.25) is 0 Å². The van der Waals surface area contributed by atoms with Crippen LogP contribution in [0.4, 0.5) is 31.0 Å². The monoisotopic (exact) mass is 504 g/mol. The summed E-state index contributed by atoms with van der Waals surface area (Å²) >= 11 is 0. The lowest BCUT2D eigenvalue weighted by molar-refractivity contribution is 0.252. The van der Waals surface area contributed by atoms with Crippen LogP contribution < -0.4 is 20.9 Å². The normalized spacial score (nSPS) is 10.9. The molecule has 3 aromatic rings. The number of nitrogens with one attached hydrogen (secondary N) is 3. The standard InChI is InChI=1S/C30H37FN4O2/c1-20(2)26-11-7-12-27(21(3)4)28(26)34-29(36)32-17-8-18-35(25-15-13-23(31)14-16-25)30(37)33-24-10-6-9-22(5)19-24/h6-7,9-16,19-21H,8,17-18H2,1-5H3,(H,33,37)(H2,32,34,36). The highest BCUT2D eigenvalue weighted by Crippen LogP contribution is 2.32. The van der Waals surface area contributed by atoms with Gasteiger partial charge in [0.2, 0.25) is 0 Å². The van der Waals surface area contributed by atoms with Gasteiger partial charge in [-0.1, -0.05) is 58.0 Å². The molecule has 0 aliphatic rings. The number of nitrogens with zero attached hydrogens (tertiary/aromatic N) is 1. The van der Waals surface area contributed by atoms with Gasteiger partial charge in [-0.2, -0.15) is 0 Å². The van der Waals surface area contributed by atoms with Gasteiger partial charge in [-0.3, -0.25) is 4.90 Å². The minimum absolute atomic E-state index is 0.269. The predicted octanol–water partition coefficient (Wildman–Crippen LogP) is 7.63. The van der Waals surface area contributed by atoms with Crippen molar-refractivity contribution in [3.63, 3.8) is 0 Å². The van der Waals surface area contributed by atoms with Gasteiger partial charge >= 0.3 is 12.1 Å². The summed E-state index contributed by atoms with van der Waals surface area (Å²) in [6.45, 7) is 11.1. The van der Waals surface area contributed by atoms with Crippen LogP contribution in [0.5, 0.6) is 0 Å². The van der Waals surface area contributed by atoms with Crippen molar-refractivity contribution in [3.8, 4) is 0 Å². The zero-order valence-corrected chi connectivity index (χ0v) is 22.3. The summed E-state index contributed by atoms with van der Waals surface area (Å²) in [6.07, 6.45) is 0.509. The van der Waals surface area contributed by atoms with Gasteiger partial charge in [-0.05, 0) is 78.3 Å². The van der Waals surface area contributed by atoms with E-state index in [2.05, 4.69) is 43.6 Å². The maximum Gasteiger partial charge on any atom is 0.326 e. The van der Waals surface area contributed by atoms with Crippen molar-refractivity contribution in [1.29, 1.82) is 0 Å². The molecule has 196 valence electrons. The first kappa shape index (κ1) is 27.7. The van der Waals surface area contributed by atoms with Gasteiger partial charge in [-0.25, -0.2) is 14.0 Å². The van der Waals surface area contributed by atoms with Crippen LogP contribution in [0.15, 0.2) is 66.7 Å². The zero-order chi connectivity index (χ0) is 26.9. The molecule has 0 bridgehead atoms. The Balaban J connectivity index is 1.64. The van der Waals surface area contributed by atoms with Crippen molar-refractivity contribution in [2.24, 2.45) is 0 Å². The molecule has 3 N–H and O–H groups in total. The van der Waals surface area contributed by atoms with Gasteiger partial charge in [0, 0.05) is 30.2 Å². The Morgan fingerprint density at radius 1 is 0.865 bits per heavy atom. The fourth-order valence-corrected chi connectivity index (χ4v) is 4.17. The molecule has 7 heteroatoms. The molecule has 0 aliphatic carbocycles. The molecule has 0 atom stereocenters. The number of anilines is 3. The quantitative estimate of drug-likeness (QED) is 0.262. The molecule has 3 rings (SSSR count). The van der Waals surface area contributed by atoms with E-state index in [9.17, 15) is 14.0 Å². The van der Waals surface area contributed by atoms with Gasteiger partial charge in [0.25, 0.3) is 0 Å². The van der Waals surface area contributed by atoms with Crippen LogP contribution in [0, 0.1) is 12.7 Å². The number of hydrogen-bond donors (Lipinski definition) is 3. The van der Waals surface area contributed by atoms with E-state index in [1.807, 2.05) is 49.4 Å². The third-order valence-corrected chi connectivity index (χ3v) is 6.11. The molecule has 0 aliphatic heterocycles. The smallest absolute Gasteiger partial charge is 0.326 e. The average molecular weight is 505 g/mol. The van der Waals surface area contributed by atoms with E-state index < -0.39 is 0 Å². The molecule has 0 heterocycles. The van der Waals surface area contributed by atoms with E-state index in [1.165, 1.54) is 12.1 Å². The summed E-state index contributed by atoms with van der Waals surface area (Å²) in [5.41, 5.74) is 5.33. The molecule has 0 aromatic heterocycles. The first-order valence-corrected chi connectivity index (χ1v) is 12.7. The molecule has 4 amide bonds. The van der Waals surface area contributed by atoms with Crippen molar-refractivity contribution < 1.29 is 14.0 Å². The highest BCUT2D eigenvalue weighted by atomic mass is 19.1. The Bertz CT molecular complexity index is 1180. The first-order chi connectivity index (χ1) is 17.7. The molecule has 0 saturated carbocycles. The molecule has 0 fully saturated rings. The Morgan fingerprint density at radius 2 is 1.49 bits per heavy atom. The number of carbonyl (C=O) groups excluding carboxylic acids is 2. The largest absolute Gasteiger partial charge is 0.338 e. The van der Waals surface area contributed by atoms with Gasteiger partial charge in [0.15, 0.2) is 0 Å². The SMILES string of the molecule is Cc1cccc(NC(=O)N(CCCNC(=O)Nc2c(C(C)C)cccc2C(C)C)c2ccc(F)cc2)c1. The Hall–Kier alpha value is -3.87. The second kappa shape index (κ2) is 12.9. The number of benzene rings is 3. The minimum Gasteiger partial charge on any atom is -0.338 e. The van der Waals surface area contributed by atoms with Crippen molar-refractivity contribution in [1.82, 2.24) is 5.32 Å². The lowest BCUT2D eigenvalue weighted by Crippen LogP contribution is -2.38. The van der Waals surface area contributed by atoms with Gasteiger partial charge < -0.3 is 16.0 Å². The van der Waals surface area contributed by atoms with Gasteiger partial charge in [0.1, 0.15) is 5.82 Å². The Kier molecular flexibility index (Phi) is 9.66. The number of aryl methyl sites for hydroxylation is 1. The van der Waals surface area contributed by atoms with Crippen molar-refractivity contribution in [2.45, 2.75) is 52.9 Å². The Labute approximate surface area is 219 Å². The number of urea groups is 2. The fraction of sp³-hybridized carbons (Fsp3) is 0.333. The fourth-order valence-electron chi connectivity index (χ4n) is 4.17. The van der Waals surface area contributed by atoms with Crippen LogP contribution in [-0.4, -0.2) is 25.2 Å². The summed E-state index contributed by atoms with van der Waals surface area (Å²) in [5.74, 6) is 0.166. The molecule has 0 spiro atoms. The number of carbonyl (C=O) groups is 2. The number of rotatable bonds is 9. The maximum atomic E-state index is 13.5. The lowest BCUT2D eigenvalue weighted by atomic mass is 9.93. The lowest BCUT2D eigenvalue weighted by Gasteiger charge is -2.24. The molecule has 6 nitrogen and oxygen atoms in total. The summed E-state index contributed by atoms with van der Waals surface area (Å²) in [7, 11) is 0. The second-order valence-electron chi connectivity index (χ2n) is 9.78. The van der Waals surface area contributed by atoms with E-state index in [4.69, 9.17) is 0 Å². The molecule has 0 saturated heterocycles. The topological polar surface area (TPSA) is 73.5 Å². The summed E-state index contributed by atoms with van der Waals surface area (Å²) in [6, 6.07) is 18.8. The van der Waals surface area contributed by atoms with Crippen LogP contribution >= 0.6 is 0 Å². The molecule has 37 heavy (non-hydrogen) atoms. The van der Waals surface area contributed by atoms with Crippen molar-refractivity contribution in [2.75, 3.05) is 28.6 Å². The molecule has 0 radical (unpaired) electrons. The molecular weight excluding hydrogens is 467 g/mol. The van der Waals surface area contributed by atoms with E-state index in [0.717, 1.165) is 22.4 Å². The van der Waals surface area contributed by atoms with E-state index in [0.29, 0.717) is 30.9 Å². The van der Waals surface area contributed by atoms with E-state index in [1.54, 1.807) is 17.0 Å². The number of para-hydroxylation sites is 1. The molecule has 3 aromatic carbocycles. The third-order valence-electron chi connectivity index (χ3n) is 6.11. The number of amides is 4. The molecular formula is C30H37FN4O2. The highest BCUT2D eigenvalue weighted by molar-refractivity contribution is 6.01. The van der Waals surface area contributed by atoms with Crippen LogP contribution in [0.3, 0.4) is 0 Å². The number of hydrogen-bond acceptors (Lipinski definition) is 2. The second-order valence-corrected chi connectivity index (χ2v) is 9.78. The van der Waals surface area contributed by atoms with Crippen molar-refractivity contribution in [3.05, 3.63) is 89.2 Å². The van der Waals surface area contributed by atoms with Crippen LogP contribution in [0.25, 0.3) is 0 Å². The predicted molar refractivity (Wildman–Crippen MR) is 150 cm³/mol. The van der Waals surface area contributed by atoms with Crippen LogP contribution in [-0.2, 0) is 0 Å². The van der Waals surface area contributed by atoms with E-state index >= 15 is 0 Å². The first-order valence-electron chi connectivity index (χ1n) is 12.7. The summed E-state index contributed by atoms with van der Waals surface area (Å²) in [5, 5.41) is 8.86. The average Bonchev–Trinajstić information content (AvgIpc) is 2.84. The molecule has 0 unspecified atom stereocenters. The van der Waals surface area contributed by atoms with E-state index in [-0.39, 0.29) is 29.7 Å². The summed E-state index contributed by atoms with van der Waals surface area (Å²) < 4.78 is 13.5. The van der Waals surface area contributed by atoms with Gasteiger partial charge in [-0.15, -0.1) is 0 Å². The Morgan fingerprint density at radius 3 is 2.08 bits per heavy atom.